The highest BCUT2D eigenvalue weighted by Gasteiger charge is 2.25. The number of aryl methyl sites for hydroxylation is 3. The summed E-state index contributed by atoms with van der Waals surface area (Å²) in [5.41, 5.74) is 2.92. The lowest BCUT2D eigenvalue weighted by Crippen LogP contribution is -2.14. The van der Waals surface area contributed by atoms with Crippen molar-refractivity contribution < 1.29 is 12.6 Å². The number of pyridine rings is 1. The first kappa shape index (κ1) is 18.8. The fourth-order valence-corrected chi connectivity index (χ4v) is 6.49. The second-order valence-corrected chi connectivity index (χ2v) is 9.64. The molecular formula is C18H15I2NO3S. The Balaban J connectivity index is 2.20. The van der Waals surface area contributed by atoms with E-state index in [0.717, 1.165) is 14.5 Å². The van der Waals surface area contributed by atoms with Crippen LogP contribution in [0.1, 0.15) is 16.7 Å². The average Bonchev–Trinajstić information content (AvgIpc) is 2.50. The molecule has 0 aliphatic rings. The molecule has 130 valence electrons. The number of nitrogens with zero attached hydrogens (tertiary/aromatic N) is 1. The van der Waals surface area contributed by atoms with Gasteiger partial charge in [0.25, 0.3) is 0 Å². The lowest BCUT2D eigenvalue weighted by Gasteiger charge is -2.15. The predicted octanol–water partition coefficient (Wildman–Crippen LogP) is 5.14. The molecule has 7 heteroatoms. The Labute approximate surface area is 174 Å². The van der Waals surface area contributed by atoms with Crippen molar-refractivity contribution in [1.29, 1.82) is 0 Å². The van der Waals surface area contributed by atoms with Crippen LogP contribution >= 0.6 is 45.2 Å². The maximum absolute atomic E-state index is 13.0. The van der Waals surface area contributed by atoms with Gasteiger partial charge in [0.1, 0.15) is 10.4 Å². The number of rotatable bonds is 3. The fraction of sp³-hybridized carbons (Fsp3) is 0.167. The maximum Gasteiger partial charge on any atom is 0.339 e. The molecule has 1 heterocycles. The molecular weight excluding hydrogens is 564 g/mol. The normalized spacial score (nSPS) is 11.7. The smallest absolute Gasteiger partial charge is 0.339 e. The van der Waals surface area contributed by atoms with Crippen molar-refractivity contribution in [3.63, 3.8) is 0 Å². The van der Waals surface area contributed by atoms with Crippen LogP contribution in [0.4, 0.5) is 0 Å². The van der Waals surface area contributed by atoms with Gasteiger partial charge in [0, 0.05) is 15.2 Å². The van der Waals surface area contributed by atoms with Crippen LogP contribution in [0.3, 0.4) is 0 Å². The Morgan fingerprint density at radius 2 is 1.64 bits per heavy atom. The summed E-state index contributed by atoms with van der Waals surface area (Å²) < 4.78 is 33.3. The molecule has 0 spiro atoms. The van der Waals surface area contributed by atoms with Crippen LogP contribution in [0.2, 0.25) is 0 Å². The summed E-state index contributed by atoms with van der Waals surface area (Å²) >= 11 is 4.30. The zero-order valence-electron chi connectivity index (χ0n) is 13.8. The van der Waals surface area contributed by atoms with Gasteiger partial charge in [-0.25, -0.2) is 0 Å². The van der Waals surface area contributed by atoms with Crippen molar-refractivity contribution in [1.82, 2.24) is 4.98 Å². The molecule has 0 saturated heterocycles. The number of hydrogen-bond acceptors (Lipinski definition) is 4. The molecule has 0 saturated carbocycles. The summed E-state index contributed by atoms with van der Waals surface area (Å²) in [4.78, 5) is 4.56. The van der Waals surface area contributed by atoms with E-state index in [1.165, 1.54) is 0 Å². The molecule has 0 aliphatic carbocycles. The third-order valence-electron chi connectivity index (χ3n) is 3.80. The third-order valence-corrected chi connectivity index (χ3v) is 7.02. The summed E-state index contributed by atoms with van der Waals surface area (Å²) in [7, 11) is -3.97. The first-order valence-corrected chi connectivity index (χ1v) is 11.0. The van der Waals surface area contributed by atoms with E-state index in [4.69, 9.17) is 4.18 Å². The monoisotopic (exact) mass is 579 g/mol. The summed E-state index contributed by atoms with van der Waals surface area (Å²) in [6.45, 7) is 5.51. The Hall–Kier alpha value is -0.940. The molecule has 3 rings (SSSR count). The lowest BCUT2D eigenvalue weighted by atomic mass is 10.1. The van der Waals surface area contributed by atoms with Gasteiger partial charge in [-0.05, 0) is 89.2 Å². The van der Waals surface area contributed by atoms with Gasteiger partial charge >= 0.3 is 10.1 Å². The molecule has 0 fully saturated rings. The molecule has 2 aromatic carbocycles. The summed E-state index contributed by atoms with van der Waals surface area (Å²) in [5, 5.41) is 0.867. The van der Waals surface area contributed by atoms with E-state index >= 15 is 0 Å². The van der Waals surface area contributed by atoms with E-state index in [1.807, 2.05) is 37.3 Å². The minimum absolute atomic E-state index is 0.219. The molecule has 3 aromatic rings. The zero-order valence-corrected chi connectivity index (χ0v) is 18.9. The number of hydrogen-bond donors (Lipinski definition) is 0. The Bertz CT molecular complexity index is 1070. The first-order chi connectivity index (χ1) is 11.7. The molecule has 0 atom stereocenters. The molecule has 0 unspecified atom stereocenters. The largest absolute Gasteiger partial charge is 0.375 e. The van der Waals surface area contributed by atoms with E-state index < -0.39 is 10.1 Å². The highest BCUT2D eigenvalue weighted by atomic mass is 127. The number of fused-ring (bicyclic) bond motifs is 1. The SMILES string of the molecule is Cc1cc(C)c(S(=O)(=O)Oc2c(I)cc(I)c3cccnc23)c(C)c1. The van der Waals surface area contributed by atoms with Gasteiger partial charge in [-0.3, -0.25) is 4.98 Å². The Morgan fingerprint density at radius 3 is 2.28 bits per heavy atom. The molecule has 25 heavy (non-hydrogen) atoms. The van der Waals surface area contributed by atoms with Crippen LogP contribution < -0.4 is 4.18 Å². The quantitative estimate of drug-likeness (QED) is 0.319. The van der Waals surface area contributed by atoms with E-state index in [1.54, 1.807) is 20.0 Å². The highest BCUT2D eigenvalue weighted by Crippen LogP contribution is 2.35. The standard InChI is InChI=1S/C18H15I2NO3S/c1-10-7-11(2)18(12(3)8-10)25(22,23)24-17-15(20)9-14(19)13-5-4-6-21-16(13)17/h4-9H,1-3H3. The average molecular weight is 579 g/mol. The molecule has 4 nitrogen and oxygen atoms in total. The first-order valence-electron chi connectivity index (χ1n) is 7.46. The molecule has 1 aromatic heterocycles. The van der Waals surface area contributed by atoms with Crippen LogP contribution in [0.15, 0.2) is 41.4 Å². The van der Waals surface area contributed by atoms with Crippen molar-refractivity contribution in [3.05, 3.63) is 60.4 Å². The molecule has 0 bridgehead atoms. The van der Waals surface area contributed by atoms with Crippen LogP contribution in [-0.2, 0) is 10.1 Å². The van der Waals surface area contributed by atoms with Gasteiger partial charge in [-0.2, -0.15) is 8.42 Å². The van der Waals surface area contributed by atoms with E-state index in [0.29, 0.717) is 20.2 Å². The number of aromatic nitrogens is 1. The topological polar surface area (TPSA) is 56.3 Å². The second kappa shape index (κ2) is 6.99. The van der Waals surface area contributed by atoms with Crippen molar-refractivity contribution in [2.75, 3.05) is 0 Å². The minimum atomic E-state index is -3.97. The van der Waals surface area contributed by atoms with Crippen LogP contribution in [0, 0.1) is 27.9 Å². The van der Waals surface area contributed by atoms with Crippen LogP contribution in [0.25, 0.3) is 10.9 Å². The van der Waals surface area contributed by atoms with E-state index in [2.05, 4.69) is 50.2 Å². The lowest BCUT2D eigenvalue weighted by molar-refractivity contribution is 0.485. The van der Waals surface area contributed by atoms with Gasteiger partial charge in [-0.1, -0.05) is 23.8 Å². The molecule has 0 radical (unpaired) electrons. The maximum atomic E-state index is 13.0. The van der Waals surface area contributed by atoms with Crippen LogP contribution in [-0.4, -0.2) is 13.4 Å². The molecule has 0 amide bonds. The van der Waals surface area contributed by atoms with Crippen molar-refractivity contribution in [3.8, 4) is 5.75 Å². The number of benzene rings is 2. The highest BCUT2D eigenvalue weighted by molar-refractivity contribution is 14.1. The summed E-state index contributed by atoms with van der Waals surface area (Å²) in [6.07, 6.45) is 1.64. The van der Waals surface area contributed by atoms with E-state index in [9.17, 15) is 8.42 Å². The van der Waals surface area contributed by atoms with Crippen molar-refractivity contribution in [2.45, 2.75) is 25.7 Å². The van der Waals surface area contributed by atoms with Crippen LogP contribution in [0.5, 0.6) is 5.75 Å². The zero-order chi connectivity index (χ0) is 18.4. The van der Waals surface area contributed by atoms with Gasteiger partial charge in [0.05, 0.1) is 3.57 Å². The third kappa shape index (κ3) is 3.63. The van der Waals surface area contributed by atoms with Gasteiger partial charge in [0.15, 0.2) is 5.75 Å². The van der Waals surface area contributed by atoms with Gasteiger partial charge in [0.2, 0.25) is 0 Å². The number of halogens is 2. The van der Waals surface area contributed by atoms with Gasteiger partial charge < -0.3 is 4.18 Å². The predicted molar refractivity (Wildman–Crippen MR) is 116 cm³/mol. The van der Waals surface area contributed by atoms with Crippen molar-refractivity contribution >= 4 is 66.2 Å². The Morgan fingerprint density at radius 1 is 1.00 bits per heavy atom. The minimum Gasteiger partial charge on any atom is -0.375 e. The fourth-order valence-electron chi connectivity index (χ4n) is 2.94. The Kier molecular flexibility index (Phi) is 5.27. The molecule has 0 N–H and O–H groups in total. The molecule has 0 aliphatic heterocycles. The van der Waals surface area contributed by atoms with E-state index in [-0.39, 0.29) is 10.6 Å². The van der Waals surface area contributed by atoms with Crippen molar-refractivity contribution in [2.24, 2.45) is 0 Å². The second-order valence-electron chi connectivity index (χ2n) is 5.83. The summed E-state index contributed by atoms with van der Waals surface area (Å²) in [6, 6.07) is 9.31. The summed E-state index contributed by atoms with van der Waals surface area (Å²) in [5.74, 6) is 0.274. The van der Waals surface area contributed by atoms with Gasteiger partial charge in [-0.15, -0.1) is 0 Å².